The summed E-state index contributed by atoms with van der Waals surface area (Å²) in [6.45, 7) is 1.47. The number of fused-ring (bicyclic) bond motifs is 1. The molecule has 6 nitrogen and oxygen atoms in total. The number of carbonyl (C=O) groups excluding carboxylic acids is 1. The molecule has 0 atom stereocenters. The van der Waals surface area contributed by atoms with Crippen LogP contribution in [0.5, 0.6) is 0 Å². The first-order valence-electron chi connectivity index (χ1n) is 6.65. The average Bonchev–Trinajstić information content (AvgIpc) is 2.79. The number of amides is 1. The van der Waals surface area contributed by atoms with E-state index in [-0.39, 0.29) is 12.2 Å². The minimum Gasteiger partial charge on any atom is -0.322 e. The van der Waals surface area contributed by atoms with Gasteiger partial charge in [-0.1, -0.05) is 12.1 Å². The van der Waals surface area contributed by atoms with Gasteiger partial charge in [-0.05, 0) is 36.8 Å². The third-order valence-corrected chi connectivity index (χ3v) is 3.18. The van der Waals surface area contributed by atoms with E-state index in [1.54, 1.807) is 37.4 Å². The minimum atomic E-state index is -0.520. The Kier molecular flexibility index (Phi) is 3.46. The first-order chi connectivity index (χ1) is 10.5. The van der Waals surface area contributed by atoms with E-state index in [0.717, 1.165) is 10.2 Å². The number of aryl methyl sites for hydroxylation is 1. The molecule has 0 aliphatic heterocycles. The molecule has 0 aliphatic rings. The van der Waals surface area contributed by atoms with E-state index in [9.17, 15) is 14.0 Å². The summed E-state index contributed by atoms with van der Waals surface area (Å²) in [5.41, 5.74) is 0.858. The molecule has 7 heteroatoms. The molecule has 0 aliphatic carbocycles. The highest BCUT2D eigenvalue weighted by molar-refractivity contribution is 5.90. The molecule has 112 valence electrons. The topological polar surface area (TPSA) is 68.4 Å². The molecule has 1 aromatic carbocycles. The number of halogens is 1. The maximum Gasteiger partial charge on any atom is 0.350 e. The Morgan fingerprint density at radius 3 is 2.86 bits per heavy atom. The highest BCUT2D eigenvalue weighted by Gasteiger charge is 2.12. The van der Waals surface area contributed by atoms with Crippen molar-refractivity contribution in [1.82, 2.24) is 14.2 Å². The second kappa shape index (κ2) is 5.44. The fourth-order valence-corrected chi connectivity index (χ4v) is 2.12. The fourth-order valence-electron chi connectivity index (χ4n) is 2.12. The second-order valence-electron chi connectivity index (χ2n) is 4.90. The van der Waals surface area contributed by atoms with Crippen LogP contribution in [0.15, 0.2) is 47.4 Å². The number of hydrogen-bond donors (Lipinski definition) is 1. The van der Waals surface area contributed by atoms with Crippen LogP contribution in [0.4, 0.5) is 10.1 Å². The number of pyridine rings is 1. The summed E-state index contributed by atoms with van der Waals surface area (Å²) in [6.07, 6.45) is 1.57. The molecular weight excluding hydrogens is 287 g/mol. The van der Waals surface area contributed by atoms with Gasteiger partial charge in [0.15, 0.2) is 5.65 Å². The molecule has 3 rings (SSSR count). The Morgan fingerprint density at radius 1 is 1.32 bits per heavy atom. The third kappa shape index (κ3) is 2.60. The molecule has 0 unspecified atom stereocenters. The molecule has 1 N–H and O–H groups in total. The molecule has 0 radical (unpaired) electrons. The minimum absolute atomic E-state index is 0.0763. The van der Waals surface area contributed by atoms with E-state index in [1.807, 2.05) is 0 Å². The van der Waals surface area contributed by atoms with Gasteiger partial charge in [-0.3, -0.25) is 9.20 Å². The average molecular weight is 300 g/mol. The number of anilines is 1. The van der Waals surface area contributed by atoms with Gasteiger partial charge in [0.25, 0.3) is 0 Å². The van der Waals surface area contributed by atoms with Crippen molar-refractivity contribution in [1.29, 1.82) is 0 Å². The van der Waals surface area contributed by atoms with Gasteiger partial charge in [-0.2, -0.15) is 0 Å². The molecule has 0 saturated carbocycles. The van der Waals surface area contributed by atoms with Crippen molar-refractivity contribution in [2.24, 2.45) is 0 Å². The SMILES string of the molecule is Cc1ccc(NC(=O)Cn2nc3ccccn3c2=O)c(F)c1. The van der Waals surface area contributed by atoms with Crippen LogP contribution in [0.3, 0.4) is 0 Å². The van der Waals surface area contributed by atoms with Crippen LogP contribution in [-0.4, -0.2) is 20.1 Å². The first-order valence-corrected chi connectivity index (χ1v) is 6.65. The molecule has 0 saturated heterocycles. The molecule has 0 spiro atoms. The Labute approximate surface area is 124 Å². The zero-order valence-corrected chi connectivity index (χ0v) is 11.8. The Hall–Kier alpha value is -2.96. The predicted octanol–water partition coefficient (Wildman–Crippen LogP) is 1.58. The lowest BCUT2D eigenvalue weighted by molar-refractivity contribution is -0.117. The lowest BCUT2D eigenvalue weighted by atomic mass is 10.2. The van der Waals surface area contributed by atoms with Crippen LogP contribution in [0.1, 0.15) is 5.56 Å². The van der Waals surface area contributed by atoms with Crippen LogP contribution in [0.25, 0.3) is 5.65 Å². The van der Waals surface area contributed by atoms with Crippen LogP contribution in [0.2, 0.25) is 0 Å². The summed E-state index contributed by atoms with van der Waals surface area (Å²) in [5, 5.41) is 6.48. The molecular formula is C15H13FN4O2. The van der Waals surface area contributed by atoms with E-state index in [2.05, 4.69) is 10.4 Å². The number of benzene rings is 1. The van der Waals surface area contributed by atoms with Gasteiger partial charge in [0, 0.05) is 6.20 Å². The van der Waals surface area contributed by atoms with Crippen LogP contribution >= 0.6 is 0 Å². The smallest absolute Gasteiger partial charge is 0.322 e. The van der Waals surface area contributed by atoms with Gasteiger partial charge in [-0.25, -0.2) is 13.9 Å². The monoisotopic (exact) mass is 300 g/mol. The zero-order chi connectivity index (χ0) is 15.7. The van der Waals surface area contributed by atoms with Crippen molar-refractivity contribution >= 4 is 17.2 Å². The third-order valence-electron chi connectivity index (χ3n) is 3.18. The lowest BCUT2D eigenvalue weighted by Gasteiger charge is -2.06. The van der Waals surface area contributed by atoms with Crippen LogP contribution in [-0.2, 0) is 11.3 Å². The number of carbonyl (C=O) groups is 1. The second-order valence-corrected chi connectivity index (χ2v) is 4.90. The number of nitrogens with one attached hydrogen (secondary N) is 1. The molecule has 2 heterocycles. The zero-order valence-electron chi connectivity index (χ0n) is 11.8. The van der Waals surface area contributed by atoms with Gasteiger partial charge < -0.3 is 5.32 Å². The number of hydrogen-bond acceptors (Lipinski definition) is 3. The molecule has 1 amide bonds. The van der Waals surface area contributed by atoms with Crippen molar-refractivity contribution in [2.75, 3.05) is 5.32 Å². The van der Waals surface area contributed by atoms with E-state index >= 15 is 0 Å². The maximum absolute atomic E-state index is 13.7. The number of nitrogens with zero attached hydrogens (tertiary/aromatic N) is 3. The molecule has 0 bridgehead atoms. The molecule has 2 aromatic heterocycles. The summed E-state index contributed by atoms with van der Waals surface area (Å²) in [6, 6.07) is 9.60. The largest absolute Gasteiger partial charge is 0.350 e. The predicted molar refractivity (Wildman–Crippen MR) is 79.2 cm³/mol. The van der Waals surface area contributed by atoms with E-state index < -0.39 is 17.4 Å². The summed E-state index contributed by atoms with van der Waals surface area (Å²) in [4.78, 5) is 24.0. The first kappa shape index (κ1) is 14.0. The molecule has 0 fully saturated rings. The molecule has 22 heavy (non-hydrogen) atoms. The number of aromatic nitrogens is 3. The van der Waals surface area contributed by atoms with Gasteiger partial charge in [-0.15, -0.1) is 5.10 Å². The Balaban J connectivity index is 1.81. The Bertz CT molecular complexity index is 913. The van der Waals surface area contributed by atoms with E-state index in [1.165, 1.54) is 16.5 Å². The summed E-state index contributed by atoms with van der Waals surface area (Å²) >= 11 is 0. The lowest BCUT2D eigenvalue weighted by Crippen LogP contribution is -2.28. The molecule has 3 aromatic rings. The fraction of sp³-hybridized carbons (Fsp3) is 0.133. The Morgan fingerprint density at radius 2 is 2.14 bits per heavy atom. The summed E-state index contributed by atoms with van der Waals surface area (Å²) < 4.78 is 16.1. The van der Waals surface area contributed by atoms with E-state index in [0.29, 0.717) is 5.65 Å². The number of rotatable bonds is 3. The quantitative estimate of drug-likeness (QED) is 0.798. The van der Waals surface area contributed by atoms with Gasteiger partial charge in [0.2, 0.25) is 5.91 Å². The van der Waals surface area contributed by atoms with Crippen molar-refractivity contribution in [3.05, 3.63) is 64.5 Å². The van der Waals surface area contributed by atoms with Crippen LogP contribution < -0.4 is 11.0 Å². The van der Waals surface area contributed by atoms with Crippen molar-refractivity contribution in [3.8, 4) is 0 Å². The highest BCUT2D eigenvalue weighted by atomic mass is 19.1. The van der Waals surface area contributed by atoms with Gasteiger partial charge in [0.1, 0.15) is 12.4 Å². The van der Waals surface area contributed by atoms with Crippen molar-refractivity contribution < 1.29 is 9.18 Å². The van der Waals surface area contributed by atoms with Crippen LogP contribution in [0, 0.1) is 12.7 Å². The standard InChI is InChI=1S/C15H13FN4O2/c1-10-5-6-12(11(16)8-10)17-14(21)9-20-15(22)19-7-3-2-4-13(19)18-20/h2-8H,9H2,1H3,(H,17,21). The normalized spacial score (nSPS) is 10.8. The summed E-state index contributed by atoms with van der Waals surface area (Å²) in [5.74, 6) is -1.04. The summed E-state index contributed by atoms with van der Waals surface area (Å²) in [7, 11) is 0. The van der Waals surface area contributed by atoms with E-state index in [4.69, 9.17) is 0 Å². The van der Waals surface area contributed by atoms with Crippen molar-refractivity contribution in [2.45, 2.75) is 13.5 Å². The van der Waals surface area contributed by atoms with Gasteiger partial charge in [0.05, 0.1) is 5.69 Å². The van der Waals surface area contributed by atoms with Gasteiger partial charge >= 0.3 is 5.69 Å². The maximum atomic E-state index is 13.7. The highest BCUT2D eigenvalue weighted by Crippen LogP contribution is 2.15. The van der Waals surface area contributed by atoms with Crippen molar-refractivity contribution in [3.63, 3.8) is 0 Å².